The van der Waals surface area contributed by atoms with Crippen LogP contribution >= 0.6 is 11.6 Å². The number of fused-ring (bicyclic) bond motifs is 1. The summed E-state index contributed by atoms with van der Waals surface area (Å²) in [4.78, 5) is 4.21. The second-order valence-corrected chi connectivity index (χ2v) is 8.50. The van der Waals surface area contributed by atoms with Crippen LogP contribution in [0, 0.1) is 6.92 Å². The molecule has 1 atom stereocenters. The van der Waals surface area contributed by atoms with Crippen molar-refractivity contribution >= 4 is 11.6 Å². The van der Waals surface area contributed by atoms with Crippen molar-refractivity contribution in [2.24, 2.45) is 0 Å². The smallest absolute Gasteiger partial charge is 0.164 e. The van der Waals surface area contributed by atoms with Crippen molar-refractivity contribution in [3.05, 3.63) is 71.0 Å². The lowest BCUT2D eigenvalue weighted by Gasteiger charge is -2.34. The molecule has 0 amide bonds. The summed E-state index contributed by atoms with van der Waals surface area (Å²) in [5, 5.41) is 14.4. The second kappa shape index (κ2) is 7.50. The van der Waals surface area contributed by atoms with E-state index >= 15 is 0 Å². The summed E-state index contributed by atoms with van der Waals surface area (Å²) >= 11 is 6.11. The average molecular weight is 435 g/mol. The molecule has 1 unspecified atom stereocenters. The van der Waals surface area contributed by atoms with Gasteiger partial charge >= 0.3 is 0 Å². The van der Waals surface area contributed by atoms with E-state index in [-0.39, 0.29) is 5.41 Å². The van der Waals surface area contributed by atoms with Crippen molar-refractivity contribution in [1.29, 1.82) is 0 Å². The number of aromatic nitrogens is 6. The molecule has 1 aliphatic heterocycles. The van der Waals surface area contributed by atoms with Crippen LogP contribution in [0.4, 0.5) is 0 Å². The average Bonchev–Trinajstić information content (AvgIpc) is 3.41. The van der Waals surface area contributed by atoms with Gasteiger partial charge in [0.25, 0.3) is 0 Å². The van der Waals surface area contributed by atoms with E-state index < -0.39 is 0 Å². The van der Waals surface area contributed by atoms with E-state index in [0.717, 1.165) is 47.3 Å². The maximum absolute atomic E-state index is 6.11. The van der Waals surface area contributed by atoms with Gasteiger partial charge in [0.2, 0.25) is 0 Å². The minimum absolute atomic E-state index is 0.212. The Morgan fingerprint density at radius 2 is 1.90 bits per heavy atom. The Bertz CT molecular complexity index is 1250. The second-order valence-electron chi connectivity index (χ2n) is 8.06. The molecule has 0 bridgehead atoms. The van der Waals surface area contributed by atoms with E-state index in [0.29, 0.717) is 11.6 Å². The maximum Gasteiger partial charge on any atom is 0.164 e. The predicted octanol–water partition coefficient (Wildman–Crippen LogP) is 4.60. The van der Waals surface area contributed by atoms with Gasteiger partial charge in [-0.2, -0.15) is 5.10 Å². The Morgan fingerprint density at radius 1 is 1.10 bits per heavy atom. The summed E-state index contributed by atoms with van der Waals surface area (Å²) in [5.74, 6) is 3.23. The molecule has 0 saturated carbocycles. The van der Waals surface area contributed by atoms with Crippen molar-refractivity contribution in [2.45, 2.75) is 38.6 Å². The highest BCUT2D eigenvalue weighted by Gasteiger charge is 2.38. The van der Waals surface area contributed by atoms with Crippen LogP contribution in [0.1, 0.15) is 37.0 Å². The lowest BCUT2D eigenvalue weighted by Crippen LogP contribution is -2.32. The molecule has 4 aromatic rings. The molecule has 1 aliphatic rings. The minimum atomic E-state index is -0.212. The van der Waals surface area contributed by atoms with Crippen LogP contribution < -0.4 is 4.74 Å². The largest absolute Gasteiger partial charge is 0.494 e. The summed E-state index contributed by atoms with van der Waals surface area (Å²) in [6.45, 7) is 4.97. The van der Waals surface area contributed by atoms with Gasteiger partial charge in [0.1, 0.15) is 29.4 Å². The van der Waals surface area contributed by atoms with Crippen LogP contribution in [-0.4, -0.2) is 36.6 Å². The molecular weight excluding hydrogens is 412 g/mol. The first-order valence-electron chi connectivity index (χ1n) is 10.3. The molecule has 0 aliphatic carbocycles. The number of methoxy groups -OCH3 is 1. The van der Waals surface area contributed by atoms with Crippen molar-refractivity contribution in [1.82, 2.24) is 29.5 Å². The number of rotatable bonds is 4. The zero-order valence-corrected chi connectivity index (χ0v) is 18.5. The van der Waals surface area contributed by atoms with Gasteiger partial charge in [0.15, 0.2) is 5.82 Å². The van der Waals surface area contributed by atoms with Crippen LogP contribution in [0.3, 0.4) is 0 Å². The highest BCUT2D eigenvalue weighted by Crippen LogP contribution is 2.41. The summed E-state index contributed by atoms with van der Waals surface area (Å²) in [6.07, 6.45) is 3.74. The van der Waals surface area contributed by atoms with Gasteiger partial charge in [-0.3, -0.25) is 0 Å². The molecule has 0 N–H and O–H groups in total. The van der Waals surface area contributed by atoms with Crippen molar-refractivity contribution in [3.63, 3.8) is 0 Å². The molecule has 0 spiro atoms. The van der Waals surface area contributed by atoms with E-state index in [1.165, 1.54) is 5.56 Å². The van der Waals surface area contributed by atoms with Gasteiger partial charge in [-0.15, -0.1) is 10.2 Å². The molecule has 0 radical (unpaired) electrons. The van der Waals surface area contributed by atoms with Crippen molar-refractivity contribution in [2.75, 3.05) is 7.11 Å². The van der Waals surface area contributed by atoms with E-state index in [2.05, 4.69) is 43.9 Å². The van der Waals surface area contributed by atoms with E-state index in [1.807, 2.05) is 37.3 Å². The van der Waals surface area contributed by atoms with Gasteiger partial charge in [0, 0.05) is 17.1 Å². The fraction of sp³-hybridized carbons (Fsp3) is 0.304. The third-order valence-electron chi connectivity index (χ3n) is 6.08. The summed E-state index contributed by atoms with van der Waals surface area (Å²) in [7, 11) is 1.66. The molecule has 0 saturated heterocycles. The van der Waals surface area contributed by atoms with E-state index in [4.69, 9.17) is 16.3 Å². The standard InChI is InChI=1S/C23H23ClN6O/c1-15-25-14-30(28-15)19-10-5-16(13-20(19)31-3)21-26-27-22-23(2,11-4-12-29(21)22)17-6-8-18(24)9-7-17/h5-10,13-14H,4,11-12H2,1-3H3. The van der Waals surface area contributed by atoms with Gasteiger partial charge in [0.05, 0.1) is 12.5 Å². The zero-order chi connectivity index (χ0) is 21.6. The number of hydrogen-bond donors (Lipinski definition) is 0. The Balaban J connectivity index is 1.57. The quantitative estimate of drug-likeness (QED) is 0.469. The first-order valence-corrected chi connectivity index (χ1v) is 10.6. The minimum Gasteiger partial charge on any atom is -0.494 e. The first kappa shape index (κ1) is 19.8. The Kier molecular flexibility index (Phi) is 4.78. The zero-order valence-electron chi connectivity index (χ0n) is 17.7. The lowest BCUT2D eigenvalue weighted by molar-refractivity contribution is 0.378. The number of nitrogens with zero attached hydrogens (tertiary/aromatic N) is 6. The molecule has 0 fully saturated rings. The van der Waals surface area contributed by atoms with Gasteiger partial charge < -0.3 is 9.30 Å². The lowest BCUT2D eigenvalue weighted by atomic mass is 9.76. The molecule has 3 heterocycles. The molecule has 2 aromatic heterocycles. The number of halogens is 1. The Morgan fingerprint density at radius 3 is 2.61 bits per heavy atom. The van der Waals surface area contributed by atoms with Gasteiger partial charge in [-0.25, -0.2) is 9.67 Å². The van der Waals surface area contributed by atoms with Crippen LogP contribution in [0.2, 0.25) is 5.02 Å². The fourth-order valence-corrected chi connectivity index (χ4v) is 4.52. The number of hydrogen-bond acceptors (Lipinski definition) is 5. The molecule has 158 valence electrons. The maximum atomic E-state index is 6.11. The highest BCUT2D eigenvalue weighted by molar-refractivity contribution is 6.30. The first-order chi connectivity index (χ1) is 15.0. The summed E-state index contributed by atoms with van der Waals surface area (Å²) in [5.41, 5.74) is 2.77. The van der Waals surface area contributed by atoms with Gasteiger partial charge in [-0.05, 0) is 62.6 Å². The summed E-state index contributed by atoms with van der Waals surface area (Å²) < 4.78 is 9.60. The molecule has 8 heteroatoms. The van der Waals surface area contributed by atoms with Crippen LogP contribution in [-0.2, 0) is 12.0 Å². The predicted molar refractivity (Wildman–Crippen MR) is 119 cm³/mol. The van der Waals surface area contributed by atoms with Crippen LogP contribution in [0.25, 0.3) is 17.1 Å². The van der Waals surface area contributed by atoms with E-state index in [9.17, 15) is 0 Å². The molecule has 2 aromatic carbocycles. The number of benzene rings is 2. The number of ether oxygens (including phenoxy) is 1. The molecule has 31 heavy (non-hydrogen) atoms. The molecule has 5 rings (SSSR count). The fourth-order valence-electron chi connectivity index (χ4n) is 4.40. The SMILES string of the molecule is COc1cc(-c2nnc3n2CCCC3(C)c2ccc(Cl)cc2)ccc1-n1cnc(C)n1. The van der Waals surface area contributed by atoms with Crippen LogP contribution in [0.15, 0.2) is 48.8 Å². The molecule has 7 nitrogen and oxygen atoms in total. The Labute approximate surface area is 185 Å². The normalized spacial score (nSPS) is 18.1. The van der Waals surface area contributed by atoms with Crippen molar-refractivity contribution in [3.8, 4) is 22.8 Å². The van der Waals surface area contributed by atoms with E-state index in [1.54, 1.807) is 18.1 Å². The summed E-state index contributed by atoms with van der Waals surface area (Å²) in [6, 6.07) is 14.0. The third kappa shape index (κ3) is 3.29. The van der Waals surface area contributed by atoms with Crippen LogP contribution in [0.5, 0.6) is 5.75 Å². The van der Waals surface area contributed by atoms with Gasteiger partial charge in [-0.1, -0.05) is 23.7 Å². The highest BCUT2D eigenvalue weighted by atomic mass is 35.5. The monoisotopic (exact) mass is 434 g/mol. The topological polar surface area (TPSA) is 70.7 Å². The number of aryl methyl sites for hydroxylation is 1. The molecular formula is C23H23ClN6O. The third-order valence-corrected chi connectivity index (χ3v) is 6.33. The van der Waals surface area contributed by atoms with Crippen molar-refractivity contribution < 1.29 is 4.74 Å². The Hall–Kier alpha value is -3.19.